The molecular weight excluding hydrogens is 330 g/mol. The maximum Gasteiger partial charge on any atom is 0.0583 e. The van der Waals surface area contributed by atoms with Gasteiger partial charge >= 0.3 is 0 Å². The van der Waals surface area contributed by atoms with E-state index in [0.29, 0.717) is 5.92 Å². The second-order valence-electron chi connectivity index (χ2n) is 9.41. The lowest BCUT2D eigenvalue weighted by Crippen LogP contribution is -2.56. The third-order valence-electron chi connectivity index (χ3n) is 7.64. The largest absolute Gasteiger partial charge is 0.397 e. The Hall–Kier alpha value is -1.22. The Balaban J connectivity index is 1.50. The number of anilines is 2. The van der Waals surface area contributed by atoms with Gasteiger partial charge in [0.1, 0.15) is 0 Å². The third-order valence-corrected chi connectivity index (χ3v) is 7.64. The molecule has 1 aromatic rings. The van der Waals surface area contributed by atoms with Crippen LogP contribution in [0.3, 0.4) is 0 Å². The lowest BCUT2D eigenvalue weighted by Gasteiger charge is -2.53. The lowest BCUT2D eigenvalue weighted by atomic mass is 9.74. The van der Waals surface area contributed by atoms with E-state index in [-0.39, 0.29) is 0 Å². The van der Waals surface area contributed by atoms with Gasteiger partial charge in [-0.25, -0.2) is 0 Å². The van der Waals surface area contributed by atoms with Gasteiger partial charge in [0.2, 0.25) is 0 Å². The Morgan fingerprint density at radius 1 is 0.667 bits per heavy atom. The van der Waals surface area contributed by atoms with E-state index in [1.54, 1.807) is 0 Å². The average molecular weight is 370 g/mol. The van der Waals surface area contributed by atoms with Crippen molar-refractivity contribution in [2.24, 2.45) is 0 Å². The maximum absolute atomic E-state index is 6.37. The van der Waals surface area contributed by atoms with Crippen LogP contribution in [0.2, 0.25) is 0 Å². The van der Waals surface area contributed by atoms with Gasteiger partial charge in [0.05, 0.1) is 11.4 Å². The SMILES string of the molecule is Nc1cccc(C2C[C@H]3CCC[C@@H](C2)N3C2CCCCCCCCC2)c1N. The summed E-state index contributed by atoms with van der Waals surface area (Å²) in [6, 6.07) is 8.61. The lowest BCUT2D eigenvalue weighted by molar-refractivity contribution is -0.0139. The number of nitrogen functional groups attached to an aromatic ring is 2. The zero-order chi connectivity index (χ0) is 18.6. The van der Waals surface area contributed by atoms with E-state index in [2.05, 4.69) is 17.0 Å². The van der Waals surface area contributed by atoms with Crippen LogP contribution in [0.1, 0.15) is 101 Å². The highest BCUT2D eigenvalue weighted by Crippen LogP contribution is 2.45. The van der Waals surface area contributed by atoms with Crippen LogP contribution in [0.4, 0.5) is 11.4 Å². The summed E-state index contributed by atoms with van der Waals surface area (Å²) >= 11 is 0. The highest BCUT2D eigenvalue weighted by molar-refractivity contribution is 5.68. The Kier molecular flexibility index (Phi) is 6.27. The number of fused-ring (bicyclic) bond motifs is 2. The predicted octanol–water partition coefficient (Wildman–Crippen LogP) is 5.84. The van der Waals surface area contributed by atoms with Crippen LogP contribution in [0.25, 0.3) is 0 Å². The van der Waals surface area contributed by atoms with E-state index in [1.165, 1.54) is 95.5 Å². The van der Waals surface area contributed by atoms with E-state index < -0.39 is 0 Å². The van der Waals surface area contributed by atoms with Crippen LogP contribution in [0.15, 0.2) is 18.2 Å². The first-order valence-electron chi connectivity index (χ1n) is 11.7. The fourth-order valence-corrected chi connectivity index (χ4v) is 6.31. The van der Waals surface area contributed by atoms with Crippen molar-refractivity contribution in [3.63, 3.8) is 0 Å². The molecule has 3 aliphatic rings. The van der Waals surface area contributed by atoms with Gasteiger partial charge in [-0.3, -0.25) is 4.90 Å². The second kappa shape index (κ2) is 8.86. The molecule has 4 rings (SSSR count). The van der Waals surface area contributed by atoms with Crippen molar-refractivity contribution < 1.29 is 0 Å². The molecule has 1 saturated carbocycles. The number of para-hydroxylation sites is 1. The molecule has 27 heavy (non-hydrogen) atoms. The van der Waals surface area contributed by atoms with Crippen molar-refractivity contribution in [2.45, 2.75) is 114 Å². The zero-order valence-corrected chi connectivity index (χ0v) is 17.0. The Bertz CT molecular complexity index is 590. The summed E-state index contributed by atoms with van der Waals surface area (Å²) in [5.41, 5.74) is 15.4. The predicted molar refractivity (Wildman–Crippen MR) is 116 cm³/mol. The first-order chi connectivity index (χ1) is 13.2. The number of nitrogens with zero attached hydrogens (tertiary/aromatic N) is 1. The van der Waals surface area contributed by atoms with Gasteiger partial charge in [-0.05, 0) is 56.1 Å². The van der Waals surface area contributed by atoms with Crippen molar-refractivity contribution in [3.8, 4) is 0 Å². The van der Waals surface area contributed by atoms with Crippen molar-refractivity contribution in [3.05, 3.63) is 23.8 Å². The van der Waals surface area contributed by atoms with Gasteiger partial charge in [-0.15, -0.1) is 0 Å². The Morgan fingerprint density at radius 2 is 1.22 bits per heavy atom. The number of piperidine rings is 2. The fraction of sp³-hybridized carbons (Fsp3) is 0.750. The van der Waals surface area contributed by atoms with Gasteiger partial charge in [0, 0.05) is 18.1 Å². The number of hydrogen-bond acceptors (Lipinski definition) is 3. The molecule has 2 saturated heterocycles. The molecule has 2 bridgehead atoms. The molecule has 0 spiro atoms. The van der Waals surface area contributed by atoms with Crippen LogP contribution in [-0.4, -0.2) is 23.0 Å². The summed E-state index contributed by atoms with van der Waals surface area (Å²) in [5.74, 6) is 0.597. The minimum absolute atomic E-state index is 0.597. The van der Waals surface area contributed by atoms with Crippen molar-refractivity contribution in [1.82, 2.24) is 4.90 Å². The van der Waals surface area contributed by atoms with E-state index in [9.17, 15) is 0 Å². The maximum atomic E-state index is 6.37. The average Bonchev–Trinajstić information content (AvgIpc) is 2.67. The molecule has 2 heterocycles. The van der Waals surface area contributed by atoms with Crippen LogP contribution < -0.4 is 11.5 Å². The highest BCUT2D eigenvalue weighted by Gasteiger charge is 2.41. The Morgan fingerprint density at radius 3 is 1.85 bits per heavy atom. The number of benzene rings is 1. The molecule has 150 valence electrons. The van der Waals surface area contributed by atoms with Gasteiger partial charge in [-0.1, -0.05) is 63.5 Å². The normalized spacial score (nSPS) is 31.5. The Labute approximate surface area is 165 Å². The van der Waals surface area contributed by atoms with Gasteiger partial charge in [0.25, 0.3) is 0 Å². The molecule has 1 aromatic carbocycles. The molecule has 3 fully saturated rings. The third kappa shape index (κ3) is 4.29. The molecule has 0 aromatic heterocycles. The van der Waals surface area contributed by atoms with Crippen LogP contribution in [0, 0.1) is 0 Å². The summed E-state index contributed by atoms with van der Waals surface area (Å²) < 4.78 is 0. The topological polar surface area (TPSA) is 55.3 Å². The van der Waals surface area contributed by atoms with Crippen molar-refractivity contribution in [2.75, 3.05) is 11.5 Å². The van der Waals surface area contributed by atoms with E-state index in [0.717, 1.165) is 29.5 Å². The molecule has 2 aliphatic heterocycles. The number of rotatable bonds is 2. The summed E-state index contributed by atoms with van der Waals surface area (Å²) in [6.45, 7) is 0. The number of nitrogens with two attached hydrogens (primary N) is 2. The van der Waals surface area contributed by atoms with Crippen LogP contribution >= 0.6 is 0 Å². The summed E-state index contributed by atoms with van der Waals surface area (Å²) in [4.78, 5) is 3.00. The molecule has 3 atom stereocenters. The molecule has 1 unspecified atom stereocenters. The first-order valence-corrected chi connectivity index (χ1v) is 11.7. The standard InChI is InChI=1S/C24H39N3/c25-23-15-9-14-22(24(23)26)18-16-20-12-8-13-21(17-18)27(20)19-10-6-4-2-1-3-5-7-11-19/h9,14-15,18-21H,1-8,10-13,16-17,25-26H2/t18?,20-,21+. The molecule has 3 heteroatoms. The van der Waals surface area contributed by atoms with Gasteiger partial charge < -0.3 is 11.5 Å². The summed E-state index contributed by atoms with van der Waals surface area (Å²) in [7, 11) is 0. The molecular formula is C24H39N3. The molecule has 4 N–H and O–H groups in total. The van der Waals surface area contributed by atoms with Crippen molar-refractivity contribution in [1.29, 1.82) is 0 Å². The van der Waals surface area contributed by atoms with Gasteiger partial charge in [-0.2, -0.15) is 0 Å². The quantitative estimate of drug-likeness (QED) is 0.643. The summed E-state index contributed by atoms with van der Waals surface area (Å²) in [6.07, 6.45) is 19.7. The first kappa shape index (κ1) is 19.1. The van der Waals surface area contributed by atoms with Crippen LogP contribution in [0.5, 0.6) is 0 Å². The van der Waals surface area contributed by atoms with Crippen molar-refractivity contribution >= 4 is 11.4 Å². The van der Waals surface area contributed by atoms with E-state index >= 15 is 0 Å². The molecule has 1 aliphatic carbocycles. The van der Waals surface area contributed by atoms with Crippen LogP contribution in [-0.2, 0) is 0 Å². The summed E-state index contributed by atoms with van der Waals surface area (Å²) in [5, 5.41) is 0. The van der Waals surface area contributed by atoms with E-state index in [4.69, 9.17) is 11.5 Å². The smallest absolute Gasteiger partial charge is 0.0583 e. The van der Waals surface area contributed by atoms with Gasteiger partial charge in [0.15, 0.2) is 0 Å². The molecule has 0 radical (unpaired) electrons. The zero-order valence-electron chi connectivity index (χ0n) is 17.0. The minimum atomic E-state index is 0.597. The second-order valence-corrected chi connectivity index (χ2v) is 9.41. The number of hydrogen-bond donors (Lipinski definition) is 2. The molecule has 3 nitrogen and oxygen atoms in total. The molecule has 0 amide bonds. The fourth-order valence-electron chi connectivity index (χ4n) is 6.31. The highest BCUT2D eigenvalue weighted by atomic mass is 15.2. The van der Waals surface area contributed by atoms with E-state index in [1.807, 2.05) is 6.07 Å². The minimum Gasteiger partial charge on any atom is -0.397 e. The monoisotopic (exact) mass is 369 g/mol.